The molecule has 3 heteroatoms. The summed E-state index contributed by atoms with van der Waals surface area (Å²) in [4.78, 5) is 0. The van der Waals surface area contributed by atoms with Crippen molar-refractivity contribution < 1.29 is 9.47 Å². The number of rotatable bonds is 3. The maximum Gasteiger partial charge on any atom is 0.126 e. The van der Waals surface area contributed by atoms with E-state index in [9.17, 15) is 0 Å². The molecule has 1 aliphatic heterocycles. The van der Waals surface area contributed by atoms with E-state index in [1.807, 2.05) is 12.1 Å². The van der Waals surface area contributed by atoms with Gasteiger partial charge in [-0.1, -0.05) is 30.3 Å². The lowest BCUT2D eigenvalue weighted by Crippen LogP contribution is -2.28. The third-order valence-corrected chi connectivity index (χ3v) is 3.88. The average molecular weight is 269 g/mol. The van der Waals surface area contributed by atoms with Crippen LogP contribution in [0.4, 0.5) is 0 Å². The molecule has 2 aromatic carbocycles. The maximum atomic E-state index is 5.53. The van der Waals surface area contributed by atoms with Gasteiger partial charge >= 0.3 is 0 Å². The van der Waals surface area contributed by atoms with Gasteiger partial charge in [-0.05, 0) is 23.6 Å². The highest BCUT2D eigenvalue weighted by molar-refractivity contribution is 5.48. The van der Waals surface area contributed by atoms with Crippen LogP contribution in [0.25, 0.3) is 0 Å². The Balaban J connectivity index is 1.94. The lowest BCUT2D eigenvalue weighted by Gasteiger charge is -2.28. The first-order valence-corrected chi connectivity index (χ1v) is 6.84. The quantitative estimate of drug-likeness (QED) is 0.928. The van der Waals surface area contributed by atoms with Crippen molar-refractivity contribution in [1.82, 2.24) is 5.32 Å². The first-order valence-electron chi connectivity index (χ1n) is 6.84. The Morgan fingerprint density at radius 1 is 1.05 bits per heavy atom. The maximum absolute atomic E-state index is 5.53. The molecule has 3 nitrogen and oxygen atoms in total. The summed E-state index contributed by atoms with van der Waals surface area (Å²) in [6.45, 7) is 0.836. The van der Waals surface area contributed by atoms with Gasteiger partial charge in [0.15, 0.2) is 0 Å². The van der Waals surface area contributed by atoms with Gasteiger partial charge in [-0.3, -0.25) is 0 Å². The Bertz CT molecular complexity index is 578. The van der Waals surface area contributed by atoms with Gasteiger partial charge in [0.25, 0.3) is 0 Å². The van der Waals surface area contributed by atoms with Gasteiger partial charge in [-0.2, -0.15) is 0 Å². The predicted octanol–water partition coefficient (Wildman–Crippen LogP) is 3.09. The Kier molecular flexibility index (Phi) is 3.61. The summed E-state index contributed by atoms with van der Waals surface area (Å²) in [7, 11) is 3.40. The van der Waals surface area contributed by atoms with Crippen LogP contribution in [0.15, 0.2) is 42.5 Å². The zero-order chi connectivity index (χ0) is 13.9. The van der Waals surface area contributed by atoms with Crippen LogP contribution in [0.1, 0.15) is 22.7 Å². The highest BCUT2D eigenvalue weighted by Gasteiger charge is 2.23. The Labute approximate surface area is 119 Å². The fraction of sp³-hybridized carbons (Fsp3) is 0.294. The zero-order valence-electron chi connectivity index (χ0n) is 11.8. The van der Waals surface area contributed by atoms with Crippen molar-refractivity contribution in [2.24, 2.45) is 0 Å². The number of benzene rings is 2. The predicted molar refractivity (Wildman–Crippen MR) is 79.3 cm³/mol. The molecule has 0 spiro atoms. The van der Waals surface area contributed by atoms with Crippen LogP contribution in [0.3, 0.4) is 0 Å². The largest absolute Gasteiger partial charge is 0.497 e. The number of methoxy groups -OCH3 is 2. The normalized spacial score (nSPS) is 17.4. The smallest absolute Gasteiger partial charge is 0.126 e. The van der Waals surface area contributed by atoms with E-state index >= 15 is 0 Å². The molecule has 1 atom stereocenters. The molecule has 0 amide bonds. The van der Waals surface area contributed by atoms with Gasteiger partial charge in [0.1, 0.15) is 11.5 Å². The van der Waals surface area contributed by atoms with Crippen LogP contribution in [0.5, 0.6) is 11.5 Å². The SMILES string of the molecule is COc1cc2c(c(OC)c1)CC(c1ccccc1)NC2. The molecule has 2 aromatic rings. The number of ether oxygens (including phenoxy) is 2. The lowest BCUT2D eigenvalue weighted by molar-refractivity contribution is 0.381. The van der Waals surface area contributed by atoms with E-state index in [1.54, 1.807) is 14.2 Å². The van der Waals surface area contributed by atoms with Gasteiger partial charge in [-0.25, -0.2) is 0 Å². The van der Waals surface area contributed by atoms with E-state index in [4.69, 9.17) is 9.47 Å². The molecule has 0 aromatic heterocycles. The molecule has 1 heterocycles. The summed E-state index contributed by atoms with van der Waals surface area (Å²) in [6.07, 6.45) is 0.937. The molecule has 0 saturated carbocycles. The Morgan fingerprint density at radius 2 is 1.85 bits per heavy atom. The first-order chi connectivity index (χ1) is 9.81. The zero-order valence-corrected chi connectivity index (χ0v) is 11.8. The van der Waals surface area contributed by atoms with Crippen molar-refractivity contribution in [3.63, 3.8) is 0 Å². The van der Waals surface area contributed by atoms with Crippen molar-refractivity contribution in [1.29, 1.82) is 0 Å². The van der Waals surface area contributed by atoms with Crippen molar-refractivity contribution >= 4 is 0 Å². The third-order valence-electron chi connectivity index (χ3n) is 3.88. The minimum atomic E-state index is 0.339. The van der Waals surface area contributed by atoms with E-state index in [0.29, 0.717) is 6.04 Å². The second-order valence-corrected chi connectivity index (χ2v) is 5.02. The van der Waals surface area contributed by atoms with Crippen molar-refractivity contribution in [2.45, 2.75) is 19.0 Å². The molecule has 1 N–H and O–H groups in total. The van der Waals surface area contributed by atoms with Crippen molar-refractivity contribution in [2.75, 3.05) is 14.2 Å². The minimum Gasteiger partial charge on any atom is -0.497 e. The molecule has 0 fully saturated rings. The van der Waals surface area contributed by atoms with Gasteiger partial charge in [0.2, 0.25) is 0 Å². The van der Waals surface area contributed by atoms with Crippen LogP contribution < -0.4 is 14.8 Å². The Morgan fingerprint density at radius 3 is 2.55 bits per heavy atom. The summed E-state index contributed by atoms with van der Waals surface area (Å²) in [5, 5.41) is 3.58. The second kappa shape index (κ2) is 5.55. The summed E-state index contributed by atoms with van der Waals surface area (Å²) in [5.41, 5.74) is 3.85. The fourth-order valence-electron chi connectivity index (χ4n) is 2.79. The van der Waals surface area contributed by atoms with Crippen LogP contribution >= 0.6 is 0 Å². The van der Waals surface area contributed by atoms with Crippen LogP contribution in [0, 0.1) is 0 Å². The van der Waals surface area contributed by atoms with Crippen LogP contribution in [-0.4, -0.2) is 14.2 Å². The third kappa shape index (κ3) is 2.37. The lowest BCUT2D eigenvalue weighted by atomic mass is 9.91. The highest BCUT2D eigenvalue weighted by atomic mass is 16.5. The minimum absolute atomic E-state index is 0.339. The molecule has 0 radical (unpaired) electrons. The monoisotopic (exact) mass is 269 g/mol. The van der Waals surface area contributed by atoms with Crippen LogP contribution in [-0.2, 0) is 13.0 Å². The molecular formula is C17H19NO2. The number of hydrogen-bond acceptors (Lipinski definition) is 3. The molecule has 0 aliphatic carbocycles. The second-order valence-electron chi connectivity index (χ2n) is 5.02. The molecule has 0 bridgehead atoms. The highest BCUT2D eigenvalue weighted by Crippen LogP contribution is 2.35. The Hall–Kier alpha value is -2.00. The van der Waals surface area contributed by atoms with E-state index in [2.05, 4.69) is 35.6 Å². The molecule has 20 heavy (non-hydrogen) atoms. The average Bonchev–Trinajstić information content (AvgIpc) is 2.54. The first kappa shape index (κ1) is 13.0. The molecule has 0 saturated heterocycles. The van der Waals surface area contributed by atoms with Crippen molar-refractivity contribution in [3.05, 3.63) is 59.2 Å². The van der Waals surface area contributed by atoms with E-state index in [-0.39, 0.29) is 0 Å². The molecule has 3 rings (SSSR count). The van der Waals surface area contributed by atoms with Gasteiger partial charge in [0, 0.05) is 24.2 Å². The van der Waals surface area contributed by atoms with E-state index in [0.717, 1.165) is 24.5 Å². The molecular weight excluding hydrogens is 250 g/mol. The molecule has 1 aliphatic rings. The fourth-order valence-corrected chi connectivity index (χ4v) is 2.79. The van der Waals surface area contributed by atoms with Crippen LogP contribution in [0.2, 0.25) is 0 Å². The summed E-state index contributed by atoms with van der Waals surface area (Å²) < 4.78 is 10.9. The van der Waals surface area contributed by atoms with Gasteiger partial charge in [-0.15, -0.1) is 0 Å². The molecule has 1 unspecified atom stereocenters. The summed E-state index contributed by atoms with van der Waals surface area (Å²) in [6, 6.07) is 14.9. The topological polar surface area (TPSA) is 30.5 Å². The summed E-state index contributed by atoms with van der Waals surface area (Å²) >= 11 is 0. The van der Waals surface area contributed by atoms with E-state index in [1.165, 1.54) is 16.7 Å². The summed E-state index contributed by atoms with van der Waals surface area (Å²) in [5.74, 6) is 1.77. The number of nitrogens with one attached hydrogen (secondary N) is 1. The van der Waals surface area contributed by atoms with E-state index < -0.39 is 0 Å². The van der Waals surface area contributed by atoms with Gasteiger partial charge < -0.3 is 14.8 Å². The van der Waals surface area contributed by atoms with Gasteiger partial charge in [0.05, 0.1) is 14.2 Å². The number of hydrogen-bond donors (Lipinski definition) is 1. The standard InChI is InChI=1S/C17H19NO2/c1-19-14-8-13-11-18-16(12-6-4-3-5-7-12)10-15(13)17(9-14)20-2/h3-9,16,18H,10-11H2,1-2H3. The molecule has 104 valence electrons. The number of fused-ring (bicyclic) bond motifs is 1. The van der Waals surface area contributed by atoms with Crippen molar-refractivity contribution in [3.8, 4) is 11.5 Å².